The van der Waals surface area contributed by atoms with Gasteiger partial charge in [-0.2, -0.15) is 0 Å². The summed E-state index contributed by atoms with van der Waals surface area (Å²) < 4.78 is 0. The van der Waals surface area contributed by atoms with Crippen LogP contribution in [0.25, 0.3) is 11.1 Å². The zero-order valence-corrected chi connectivity index (χ0v) is 29.7. The van der Waals surface area contributed by atoms with Crippen molar-refractivity contribution < 1.29 is 0 Å². The summed E-state index contributed by atoms with van der Waals surface area (Å²) in [5.74, 6) is 4.09. The number of benzene rings is 4. The van der Waals surface area contributed by atoms with E-state index in [9.17, 15) is 0 Å². The van der Waals surface area contributed by atoms with Crippen molar-refractivity contribution in [2.75, 3.05) is 4.90 Å². The summed E-state index contributed by atoms with van der Waals surface area (Å²) in [6, 6.07) is 33.7. The zero-order chi connectivity index (χ0) is 32.9. The Kier molecular flexibility index (Phi) is 5.60. The Labute approximate surface area is 293 Å². The number of rotatable bonds is 4. The molecule has 0 aliphatic heterocycles. The fourth-order valence-electron chi connectivity index (χ4n) is 13.5. The normalized spacial score (nSPS) is 34.1. The fraction of sp³-hybridized carbons (Fsp3) is 0.417. The number of hydrogen-bond acceptors (Lipinski definition) is 1. The molecule has 7 unspecified atom stereocenters. The molecule has 4 aromatic carbocycles. The molecule has 49 heavy (non-hydrogen) atoms. The average Bonchev–Trinajstić information content (AvgIpc) is 3.74. The highest BCUT2D eigenvalue weighted by Crippen LogP contribution is 2.89. The van der Waals surface area contributed by atoms with Crippen LogP contribution in [0.3, 0.4) is 0 Å². The molecule has 0 amide bonds. The second-order valence-electron chi connectivity index (χ2n) is 18.4. The summed E-state index contributed by atoms with van der Waals surface area (Å²) >= 11 is 0. The van der Waals surface area contributed by atoms with Crippen molar-refractivity contribution in [1.82, 2.24) is 0 Å². The van der Waals surface area contributed by atoms with Gasteiger partial charge in [-0.25, -0.2) is 0 Å². The summed E-state index contributed by atoms with van der Waals surface area (Å²) in [7, 11) is 0. The standard InChI is InChI=1S/C48H49N/c1-45(2)22-23-46(3,4)44-39(45)16-11-17-41(44)49(34-14-9-6-10-15-34)35-19-21-38-37(28-35)36-20-18-32(31-12-7-5-8-13-31)26-40(36)48(38)42-25-30-24-33-27-43(48)47(33,42)29-30/h5-12,14-21,26,28,30-31,33,42-43H,13,22-25,27,29H2,1-4H3. The van der Waals surface area contributed by atoms with E-state index in [1.165, 1.54) is 83.4 Å². The van der Waals surface area contributed by atoms with Crippen molar-refractivity contribution in [1.29, 1.82) is 0 Å². The number of hydrogen-bond donors (Lipinski definition) is 0. The molecule has 7 atom stereocenters. The van der Waals surface area contributed by atoms with Gasteiger partial charge in [0.15, 0.2) is 0 Å². The number of anilines is 3. The molecular formula is C48H49N. The monoisotopic (exact) mass is 639 g/mol. The van der Waals surface area contributed by atoms with E-state index in [1.807, 2.05) is 0 Å². The van der Waals surface area contributed by atoms with Crippen LogP contribution in [-0.4, -0.2) is 0 Å². The lowest BCUT2D eigenvalue weighted by Gasteiger charge is -2.76. The van der Waals surface area contributed by atoms with Crippen LogP contribution < -0.4 is 4.90 Å². The molecule has 4 aromatic rings. The molecule has 0 saturated heterocycles. The van der Waals surface area contributed by atoms with Crippen LogP contribution in [0.1, 0.15) is 106 Å². The second-order valence-corrected chi connectivity index (χ2v) is 18.4. The maximum atomic E-state index is 2.70. The predicted molar refractivity (Wildman–Crippen MR) is 203 cm³/mol. The van der Waals surface area contributed by atoms with Crippen molar-refractivity contribution in [2.45, 2.75) is 94.8 Å². The van der Waals surface area contributed by atoms with Gasteiger partial charge in [-0.3, -0.25) is 0 Å². The summed E-state index contributed by atoms with van der Waals surface area (Å²) in [5, 5.41) is 0. The van der Waals surface area contributed by atoms with Crippen LogP contribution in [-0.2, 0) is 16.2 Å². The first-order valence-corrected chi connectivity index (χ1v) is 19.4. The van der Waals surface area contributed by atoms with Gasteiger partial charge in [0, 0.05) is 22.7 Å². The van der Waals surface area contributed by atoms with E-state index in [-0.39, 0.29) is 16.2 Å². The molecule has 0 heterocycles. The highest BCUT2D eigenvalue weighted by atomic mass is 15.1. The molecule has 246 valence electrons. The first kappa shape index (κ1) is 28.9. The van der Waals surface area contributed by atoms with Gasteiger partial charge in [0.25, 0.3) is 0 Å². The lowest BCUT2D eigenvalue weighted by atomic mass is 9.27. The smallest absolute Gasteiger partial charge is 0.0502 e. The van der Waals surface area contributed by atoms with Gasteiger partial charge in [-0.15, -0.1) is 0 Å². The molecule has 4 fully saturated rings. The maximum Gasteiger partial charge on any atom is 0.0502 e. The van der Waals surface area contributed by atoms with Gasteiger partial charge in [-0.1, -0.05) is 107 Å². The summed E-state index contributed by atoms with van der Waals surface area (Å²) in [6.07, 6.45) is 18.7. The Balaban J connectivity index is 1.12. The van der Waals surface area contributed by atoms with E-state index in [4.69, 9.17) is 0 Å². The van der Waals surface area contributed by atoms with Gasteiger partial charge < -0.3 is 4.90 Å². The van der Waals surface area contributed by atoms with Crippen molar-refractivity contribution in [3.8, 4) is 11.1 Å². The number of allylic oxidation sites excluding steroid dienone is 4. The van der Waals surface area contributed by atoms with Gasteiger partial charge in [0.05, 0.1) is 5.69 Å². The molecule has 2 bridgehead atoms. The first-order valence-electron chi connectivity index (χ1n) is 19.4. The van der Waals surface area contributed by atoms with Crippen LogP contribution >= 0.6 is 0 Å². The van der Waals surface area contributed by atoms with Crippen LogP contribution in [0.15, 0.2) is 109 Å². The third-order valence-electron chi connectivity index (χ3n) is 15.5. The van der Waals surface area contributed by atoms with E-state index in [2.05, 4.69) is 142 Å². The molecular weight excluding hydrogens is 591 g/mol. The first-order chi connectivity index (χ1) is 23.7. The minimum atomic E-state index is 0.101. The lowest BCUT2D eigenvalue weighted by molar-refractivity contribution is -0.231. The van der Waals surface area contributed by atoms with E-state index < -0.39 is 0 Å². The van der Waals surface area contributed by atoms with E-state index in [1.54, 1.807) is 11.1 Å². The Hall–Kier alpha value is -3.84. The number of fused-ring (bicyclic) bond motifs is 9. The molecule has 7 aliphatic carbocycles. The predicted octanol–water partition coefficient (Wildman–Crippen LogP) is 12.4. The van der Waals surface area contributed by atoms with E-state index in [0.717, 1.165) is 30.1 Å². The Morgan fingerprint density at radius 2 is 1.49 bits per heavy atom. The summed E-state index contributed by atoms with van der Waals surface area (Å²) in [4.78, 5) is 2.60. The van der Waals surface area contributed by atoms with Gasteiger partial charge in [0.2, 0.25) is 0 Å². The Morgan fingerprint density at radius 3 is 2.31 bits per heavy atom. The summed E-state index contributed by atoms with van der Waals surface area (Å²) in [6.45, 7) is 9.84. The molecule has 1 nitrogen and oxygen atoms in total. The number of nitrogens with zero attached hydrogens (tertiary/aromatic N) is 1. The molecule has 4 saturated carbocycles. The topological polar surface area (TPSA) is 3.24 Å². The molecule has 1 heteroatoms. The molecule has 2 spiro atoms. The SMILES string of the molecule is CC1(C)CCC(C)(C)c2c(N(c3ccccc3)c3ccc4c(c3)-c3ccc(C5C=CC=CC5)cc3C43C4CC5CC6CC3C64C5)cccc21. The average molecular weight is 640 g/mol. The van der Waals surface area contributed by atoms with Crippen LogP contribution in [0.5, 0.6) is 0 Å². The van der Waals surface area contributed by atoms with Crippen molar-refractivity contribution in [3.05, 3.63) is 137 Å². The molecule has 7 aliphatic rings. The molecule has 11 rings (SSSR count). The van der Waals surface area contributed by atoms with Gasteiger partial charge in [-0.05, 0) is 154 Å². The fourth-order valence-corrected chi connectivity index (χ4v) is 13.5. The van der Waals surface area contributed by atoms with Crippen LogP contribution in [0.4, 0.5) is 17.1 Å². The third-order valence-corrected chi connectivity index (χ3v) is 15.5. The van der Waals surface area contributed by atoms with E-state index >= 15 is 0 Å². The highest BCUT2D eigenvalue weighted by molar-refractivity contribution is 5.89. The van der Waals surface area contributed by atoms with Crippen molar-refractivity contribution in [2.24, 2.45) is 29.1 Å². The van der Waals surface area contributed by atoms with Crippen LogP contribution in [0.2, 0.25) is 0 Å². The third kappa shape index (κ3) is 3.48. The van der Waals surface area contributed by atoms with Gasteiger partial charge >= 0.3 is 0 Å². The Morgan fingerprint density at radius 1 is 0.653 bits per heavy atom. The van der Waals surface area contributed by atoms with E-state index in [0.29, 0.717) is 11.3 Å². The van der Waals surface area contributed by atoms with Crippen molar-refractivity contribution >= 4 is 17.1 Å². The van der Waals surface area contributed by atoms with Gasteiger partial charge in [0.1, 0.15) is 0 Å². The maximum absolute atomic E-state index is 2.70. The second kappa shape index (κ2) is 9.48. The quantitative estimate of drug-likeness (QED) is 0.215. The summed E-state index contributed by atoms with van der Waals surface area (Å²) in [5.41, 5.74) is 15.9. The zero-order valence-electron chi connectivity index (χ0n) is 29.7. The Bertz CT molecular complexity index is 2110. The minimum absolute atomic E-state index is 0.101. The largest absolute Gasteiger partial charge is 0.310 e. The van der Waals surface area contributed by atoms with Crippen molar-refractivity contribution in [3.63, 3.8) is 0 Å². The van der Waals surface area contributed by atoms with Crippen LogP contribution in [0, 0.1) is 29.1 Å². The highest BCUT2D eigenvalue weighted by Gasteiger charge is 2.84. The molecule has 0 aromatic heterocycles. The molecule has 0 radical (unpaired) electrons. The number of para-hydroxylation sites is 1. The lowest BCUT2D eigenvalue weighted by Crippen LogP contribution is -2.73. The molecule has 0 N–H and O–H groups in total. The minimum Gasteiger partial charge on any atom is -0.310 e.